The minimum absolute atomic E-state index is 0.220. The summed E-state index contributed by atoms with van der Waals surface area (Å²) in [6, 6.07) is 12.5. The van der Waals surface area contributed by atoms with Crippen molar-refractivity contribution in [1.82, 2.24) is 0 Å². The van der Waals surface area contributed by atoms with Crippen LogP contribution in [0.5, 0.6) is 0 Å². The van der Waals surface area contributed by atoms with Crippen molar-refractivity contribution in [3.63, 3.8) is 0 Å². The molecule has 0 spiro atoms. The van der Waals surface area contributed by atoms with Gasteiger partial charge in [0.1, 0.15) is 5.82 Å². The summed E-state index contributed by atoms with van der Waals surface area (Å²) in [6.07, 6.45) is 3.94. The number of benzene rings is 2. The van der Waals surface area contributed by atoms with Crippen molar-refractivity contribution in [2.75, 3.05) is 6.26 Å². The second-order valence-electron chi connectivity index (χ2n) is 5.48. The van der Waals surface area contributed by atoms with Crippen LogP contribution >= 0.6 is 0 Å². The fourth-order valence-corrected chi connectivity index (χ4v) is 3.16. The fraction of sp³-hybridized carbons (Fsp3) is 0.158. The molecular formula is C19H17FNO3S+. The van der Waals surface area contributed by atoms with Gasteiger partial charge in [-0.1, -0.05) is 0 Å². The second kappa shape index (κ2) is 7.92. The Hall–Kier alpha value is -2.69. The Morgan fingerprint density at radius 1 is 1.08 bits per heavy atom. The van der Waals surface area contributed by atoms with Crippen LogP contribution < -0.4 is 0 Å². The molecular weight excluding hydrogens is 341 g/mol. The highest BCUT2D eigenvalue weighted by Gasteiger charge is 2.29. The van der Waals surface area contributed by atoms with Gasteiger partial charge in [0, 0.05) is 46.1 Å². The molecule has 25 heavy (non-hydrogen) atoms. The number of allylic oxidation sites excluding steroid dienone is 2. The first kappa shape index (κ1) is 18.6. The standard InChI is InChI=1S/C18H17FNOS.CO2/c1-12-13(2)20(18-9-6-15(19)10-17(12)18)11-14-4-7-16(8-5-14)22(3)21;2-1-3/h4-11H,1-3H3;/q+1;. The number of nitrogens with zero attached hydrogens (tertiary/aromatic N) is 1. The molecule has 1 atom stereocenters. The maximum atomic E-state index is 13.5. The summed E-state index contributed by atoms with van der Waals surface area (Å²) in [4.78, 5) is 17.1. The Labute approximate surface area is 147 Å². The van der Waals surface area contributed by atoms with Crippen molar-refractivity contribution in [2.45, 2.75) is 18.7 Å². The summed E-state index contributed by atoms with van der Waals surface area (Å²) in [7, 11) is -0.971. The molecule has 1 unspecified atom stereocenters. The first-order chi connectivity index (χ1) is 11.9. The molecule has 4 nitrogen and oxygen atoms in total. The Kier molecular flexibility index (Phi) is 5.91. The average molecular weight is 358 g/mol. The SMILES string of the molecule is CC1=C(C)[N+](=Cc2ccc(S(C)=O)cc2)c2ccc(F)cc21.O=C=O. The van der Waals surface area contributed by atoms with Crippen molar-refractivity contribution in [3.8, 4) is 0 Å². The Balaban J connectivity index is 0.000000701. The molecule has 0 saturated heterocycles. The van der Waals surface area contributed by atoms with Gasteiger partial charge in [-0.15, -0.1) is 0 Å². The van der Waals surface area contributed by atoms with Gasteiger partial charge in [-0.25, -0.2) is 4.39 Å². The van der Waals surface area contributed by atoms with Crippen molar-refractivity contribution in [2.24, 2.45) is 0 Å². The third kappa shape index (κ3) is 4.05. The quantitative estimate of drug-likeness (QED) is 0.772. The minimum Gasteiger partial charge on any atom is -0.255 e. The van der Waals surface area contributed by atoms with Gasteiger partial charge in [-0.05, 0) is 43.3 Å². The number of fused-ring (bicyclic) bond motifs is 1. The van der Waals surface area contributed by atoms with E-state index in [1.165, 1.54) is 6.07 Å². The number of halogens is 1. The van der Waals surface area contributed by atoms with E-state index in [4.69, 9.17) is 9.59 Å². The Bertz CT molecular complexity index is 924. The Morgan fingerprint density at radius 3 is 2.24 bits per heavy atom. The van der Waals surface area contributed by atoms with Gasteiger partial charge in [0.2, 0.25) is 5.69 Å². The molecule has 1 heterocycles. The van der Waals surface area contributed by atoms with Gasteiger partial charge in [0.05, 0.1) is 5.56 Å². The van der Waals surface area contributed by atoms with Crippen LogP contribution in [0.4, 0.5) is 10.1 Å². The van der Waals surface area contributed by atoms with E-state index >= 15 is 0 Å². The maximum absolute atomic E-state index is 13.5. The first-order valence-corrected chi connectivity index (χ1v) is 8.99. The molecule has 1 aliphatic rings. The molecule has 0 amide bonds. The van der Waals surface area contributed by atoms with E-state index in [0.717, 1.165) is 33.0 Å². The molecule has 0 fully saturated rings. The van der Waals surface area contributed by atoms with E-state index in [1.54, 1.807) is 18.4 Å². The zero-order valence-corrected chi connectivity index (χ0v) is 14.9. The molecule has 0 radical (unpaired) electrons. The summed E-state index contributed by atoms with van der Waals surface area (Å²) >= 11 is 0. The van der Waals surface area contributed by atoms with Gasteiger partial charge in [-0.3, -0.25) is 4.21 Å². The van der Waals surface area contributed by atoms with Crippen LogP contribution in [0.2, 0.25) is 0 Å². The number of hydrogen-bond donors (Lipinski definition) is 0. The summed E-state index contributed by atoms with van der Waals surface area (Å²) in [5, 5.41) is 0. The maximum Gasteiger partial charge on any atom is 0.373 e. The van der Waals surface area contributed by atoms with Crippen molar-refractivity contribution >= 4 is 34.4 Å². The van der Waals surface area contributed by atoms with Crippen LogP contribution in [-0.4, -0.2) is 27.4 Å². The van der Waals surface area contributed by atoms with Crippen LogP contribution in [0.15, 0.2) is 53.1 Å². The van der Waals surface area contributed by atoms with Crippen LogP contribution in [0.25, 0.3) is 5.57 Å². The Morgan fingerprint density at radius 2 is 1.68 bits per heavy atom. The zero-order chi connectivity index (χ0) is 18.6. The minimum atomic E-state index is -0.971. The van der Waals surface area contributed by atoms with Crippen LogP contribution in [-0.2, 0) is 20.4 Å². The highest BCUT2D eigenvalue weighted by molar-refractivity contribution is 7.84. The van der Waals surface area contributed by atoms with Crippen molar-refractivity contribution in [3.05, 3.63) is 65.1 Å². The predicted molar refractivity (Wildman–Crippen MR) is 93.5 cm³/mol. The lowest BCUT2D eigenvalue weighted by Crippen LogP contribution is -2.03. The summed E-state index contributed by atoms with van der Waals surface area (Å²) in [5.74, 6) is -0.220. The van der Waals surface area contributed by atoms with E-state index < -0.39 is 10.8 Å². The molecule has 2 aromatic rings. The topological polar surface area (TPSA) is 54.2 Å². The number of carbonyl (C=O) groups excluding carboxylic acids is 2. The molecule has 3 rings (SSSR count). The molecule has 0 saturated carbocycles. The average Bonchev–Trinajstić information content (AvgIpc) is 2.81. The van der Waals surface area contributed by atoms with Gasteiger partial charge < -0.3 is 0 Å². The third-order valence-corrected chi connectivity index (χ3v) is 4.95. The highest BCUT2D eigenvalue weighted by Crippen LogP contribution is 2.37. The molecule has 0 aromatic heterocycles. The molecule has 0 N–H and O–H groups in total. The lowest BCUT2D eigenvalue weighted by Gasteiger charge is -1.99. The molecule has 0 bridgehead atoms. The lowest BCUT2D eigenvalue weighted by atomic mass is 10.1. The molecule has 0 aliphatic carbocycles. The predicted octanol–water partition coefficient (Wildman–Crippen LogP) is 3.51. The van der Waals surface area contributed by atoms with E-state index in [1.807, 2.05) is 44.3 Å². The molecule has 1 aliphatic heterocycles. The van der Waals surface area contributed by atoms with Gasteiger partial charge in [-0.2, -0.15) is 14.2 Å². The van der Waals surface area contributed by atoms with E-state index in [2.05, 4.69) is 4.58 Å². The van der Waals surface area contributed by atoms with E-state index in [9.17, 15) is 8.60 Å². The monoisotopic (exact) mass is 358 g/mol. The van der Waals surface area contributed by atoms with Gasteiger partial charge in [0.25, 0.3) is 0 Å². The third-order valence-electron chi connectivity index (χ3n) is 4.02. The number of rotatable bonds is 2. The van der Waals surface area contributed by atoms with Crippen LogP contribution in [0.3, 0.4) is 0 Å². The summed E-state index contributed by atoms with van der Waals surface area (Å²) < 4.78 is 27.0. The van der Waals surface area contributed by atoms with E-state index in [0.29, 0.717) is 0 Å². The summed E-state index contributed by atoms with van der Waals surface area (Å²) in [6.45, 7) is 4.03. The largest absolute Gasteiger partial charge is 0.373 e. The highest BCUT2D eigenvalue weighted by atomic mass is 32.2. The van der Waals surface area contributed by atoms with Gasteiger partial charge >= 0.3 is 6.15 Å². The normalized spacial score (nSPS) is 15.3. The molecule has 6 heteroatoms. The lowest BCUT2D eigenvalue weighted by molar-refractivity contribution is -0.371. The molecule has 128 valence electrons. The van der Waals surface area contributed by atoms with Gasteiger partial charge in [0.15, 0.2) is 11.9 Å². The smallest absolute Gasteiger partial charge is 0.255 e. The van der Waals surface area contributed by atoms with Crippen molar-refractivity contribution in [1.29, 1.82) is 0 Å². The van der Waals surface area contributed by atoms with Crippen LogP contribution in [0.1, 0.15) is 25.0 Å². The first-order valence-electron chi connectivity index (χ1n) is 7.43. The van der Waals surface area contributed by atoms with Crippen molar-refractivity contribution < 1.29 is 22.8 Å². The molecule has 2 aromatic carbocycles. The zero-order valence-electron chi connectivity index (χ0n) is 14.1. The second-order valence-corrected chi connectivity index (χ2v) is 6.86. The number of hydrogen-bond acceptors (Lipinski definition) is 3. The van der Waals surface area contributed by atoms with E-state index in [-0.39, 0.29) is 12.0 Å². The summed E-state index contributed by atoms with van der Waals surface area (Å²) in [5.41, 5.74) is 5.10. The van der Waals surface area contributed by atoms with Crippen LogP contribution in [0, 0.1) is 5.82 Å². The fourth-order valence-electron chi connectivity index (χ4n) is 2.64.